The summed E-state index contributed by atoms with van der Waals surface area (Å²) in [5, 5.41) is 7.93. The first-order valence-corrected chi connectivity index (χ1v) is 2.52. The van der Waals surface area contributed by atoms with Crippen LogP contribution >= 0.6 is 0 Å². The molecule has 60 valence electrons. The van der Waals surface area contributed by atoms with Crippen molar-refractivity contribution in [1.82, 2.24) is 0 Å². The maximum Gasteiger partial charge on any atom is 0.480 e. The Kier molecular flexibility index (Phi) is 2.71. The Hall–Kier alpha value is -0.715. The van der Waals surface area contributed by atoms with Crippen LogP contribution in [0.15, 0.2) is 0 Å². The van der Waals surface area contributed by atoms with Gasteiger partial charge in [0.1, 0.15) is 0 Å². The number of rotatable bonds is 3. The summed E-state index contributed by atoms with van der Waals surface area (Å²) in [4.78, 5) is 9.76. The van der Waals surface area contributed by atoms with Crippen LogP contribution in [0.25, 0.3) is 0 Å². The lowest BCUT2D eigenvalue weighted by Crippen LogP contribution is -2.36. The fourth-order valence-corrected chi connectivity index (χ4v) is 0.389. The number of hydrogen-bond acceptors (Lipinski definition) is 2. The van der Waals surface area contributed by atoms with Crippen molar-refractivity contribution in [3.05, 3.63) is 0 Å². The zero-order valence-corrected chi connectivity index (χ0v) is 4.93. The Morgan fingerprint density at radius 2 is 2.00 bits per heavy atom. The Balaban J connectivity index is 3.80. The molecule has 0 aromatic rings. The van der Waals surface area contributed by atoms with Crippen molar-refractivity contribution in [1.29, 1.82) is 0 Å². The molecule has 10 heavy (non-hydrogen) atoms. The van der Waals surface area contributed by atoms with E-state index in [0.717, 1.165) is 0 Å². The minimum absolute atomic E-state index is 1.42. The summed E-state index contributed by atoms with van der Waals surface area (Å²) in [7, 11) is 0. The van der Waals surface area contributed by atoms with E-state index in [1.54, 1.807) is 0 Å². The Labute approximate surface area is 55.1 Å². The largest absolute Gasteiger partial charge is 0.480 e. The summed E-state index contributed by atoms with van der Waals surface area (Å²) in [6, 6.07) is -1.82. The molecule has 0 saturated carbocycles. The van der Waals surface area contributed by atoms with Gasteiger partial charge >= 0.3 is 12.9 Å². The van der Waals surface area contributed by atoms with Crippen LogP contribution in [0.1, 0.15) is 0 Å². The van der Waals surface area contributed by atoms with Gasteiger partial charge in [-0.2, -0.15) is 0 Å². The van der Waals surface area contributed by atoms with E-state index in [1.165, 1.54) is 0 Å². The quantitative estimate of drug-likeness (QED) is 0.575. The lowest BCUT2D eigenvalue weighted by atomic mass is 9.82. The highest BCUT2D eigenvalue weighted by molar-refractivity contribution is 6.59. The molecule has 3 nitrogen and oxygen atoms in total. The summed E-state index contributed by atoms with van der Waals surface area (Å²) in [5.41, 5.74) is 4.60. The summed E-state index contributed by atoms with van der Waals surface area (Å²) >= 11 is 0. The standard InChI is InChI=1S/C3H6BF3NO2/c5-4(6,7)1-2(8)3(9)10/h2H,1,8H2,(H,9,10)/q-1. The third-order valence-electron chi connectivity index (χ3n) is 0.838. The SMILES string of the molecule is NC(C[B-](F)(F)F)C(=O)O. The molecule has 0 heterocycles. The van der Waals surface area contributed by atoms with Gasteiger partial charge in [-0.1, -0.05) is 6.32 Å². The molecule has 0 bridgehead atoms. The first-order valence-electron chi connectivity index (χ1n) is 2.52. The molecule has 3 N–H and O–H groups in total. The first-order chi connectivity index (χ1) is 4.33. The highest BCUT2D eigenvalue weighted by Gasteiger charge is 2.28. The van der Waals surface area contributed by atoms with E-state index in [-0.39, 0.29) is 0 Å². The molecule has 0 amide bonds. The maximum absolute atomic E-state index is 11.4. The molecular formula is C3H6BF3NO2-. The maximum atomic E-state index is 11.4. The van der Waals surface area contributed by atoms with E-state index in [2.05, 4.69) is 5.73 Å². The molecule has 0 fully saturated rings. The number of halogens is 3. The first kappa shape index (κ1) is 9.28. The number of carboxylic acid groups (broad SMARTS) is 1. The van der Waals surface area contributed by atoms with Crippen molar-refractivity contribution >= 4 is 12.9 Å². The normalized spacial score (nSPS) is 14.8. The van der Waals surface area contributed by atoms with Crippen LogP contribution in [0.2, 0.25) is 6.32 Å². The molecule has 0 radical (unpaired) electrons. The topological polar surface area (TPSA) is 63.3 Å². The van der Waals surface area contributed by atoms with Crippen molar-refractivity contribution in [2.24, 2.45) is 5.73 Å². The summed E-state index contributed by atoms with van der Waals surface area (Å²) < 4.78 is 34.2. The fourth-order valence-electron chi connectivity index (χ4n) is 0.389. The molecule has 0 spiro atoms. The van der Waals surface area contributed by atoms with Crippen LogP contribution in [0.3, 0.4) is 0 Å². The molecule has 1 atom stereocenters. The van der Waals surface area contributed by atoms with Gasteiger partial charge in [-0.15, -0.1) is 0 Å². The fraction of sp³-hybridized carbons (Fsp3) is 0.667. The Morgan fingerprint density at radius 3 is 2.10 bits per heavy atom. The predicted octanol–water partition coefficient (Wildman–Crippen LogP) is 0.246. The second kappa shape index (κ2) is 2.91. The summed E-state index contributed by atoms with van der Waals surface area (Å²) in [6.45, 7) is -5.08. The second-order valence-electron chi connectivity index (χ2n) is 1.89. The Bertz CT molecular complexity index is 136. The van der Waals surface area contributed by atoms with Crippen LogP contribution in [-0.2, 0) is 4.79 Å². The van der Waals surface area contributed by atoms with Gasteiger partial charge in [0, 0.05) is 0 Å². The van der Waals surface area contributed by atoms with E-state index in [4.69, 9.17) is 5.11 Å². The average molecular weight is 156 g/mol. The zero-order chi connectivity index (χ0) is 8.36. The molecule has 0 rings (SSSR count). The minimum atomic E-state index is -5.08. The van der Waals surface area contributed by atoms with Crippen LogP contribution in [0.4, 0.5) is 12.9 Å². The van der Waals surface area contributed by atoms with Gasteiger partial charge in [0.25, 0.3) is 0 Å². The van der Waals surface area contributed by atoms with E-state index in [1.807, 2.05) is 0 Å². The second-order valence-corrected chi connectivity index (χ2v) is 1.89. The number of hydrogen-bond donors (Lipinski definition) is 2. The Morgan fingerprint density at radius 1 is 1.60 bits per heavy atom. The number of carboxylic acids is 1. The highest BCUT2D eigenvalue weighted by atomic mass is 19.4. The minimum Gasteiger partial charge on any atom is -0.480 e. The van der Waals surface area contributed by atoms with Crippen LogP contribution in [-0.4, -0.2) is 24.1 Å². The molecule has 7 heteroatoms. The molecule has 0 aromatic carbocycles. The number of nitrogens with two attached hydrogens (primary N) is 1. The van der Waals surface area contributed by atoms with Gasteiger partial charge < -0.3 is 23.8 Å². The lowest BCUT2D eigenvalue weighted by Gasteiger charge is -2.15. The number of aliphatic carboxylic acids is 1. The molecule has 1 unspecified atom stereocenters. The van der Waals surface area contributed by atoms with E-state index in [0.29, 0.717) is 0 Å². The smallest absolute Gasteiger partial charge is 0.480 e. The molecule has 0 aliphatic heterocycles. The van der Waals surface area contributed by atoms with Gasteiger partial charge in [-0.25, -0.2) is 0 Å². The summed E-state index contributed by atoms with van der Waals surface area (Å²) in [6.07, 6.45) is -1.42. The lowest BCUT2D eigenvalue weighted by molar-refractivity contribution is -0.138. The molecule has 0 aliphatic carbocycles. The van der Waals surface area contributed by atoms with E-state index in [9.17, 15) is 17.7 Å². The van der Waals surface area contributed by atoms with Gasteiger partial charge in [-0.05, 0) is 0 Å². The van der Waals surface area contributed by atoms with Crippen molar-refractivity contribution < 1.29 is 22.8 Å². The van der Waals surface area contributed by atoms with Crippen molar-refractivity contribution in [2.75, 3.05) is 0 Å². The molecular weight excluding hydrogens is 150 g/mol. The van der Waals surface area contributed by atoms with Crippen LogP contribution in [0.5, 0.6) is 0 Å². The van der Waals surface area contributed by atoms with Crippen molar-refractivity contribution in [3.8, 4) is 0 Å². The molecule has 0 aliphatic rings. The van der Waals surface area contributed by atoms with Gasteiger partial charge in [0.2, 0.25) is 0 Å². The number of carbonyl (C=O) groups is 1. The monoisotopic (exact) mass is 156 g/mol. The van der Waals surface area contributed by atoms with E-state index < -0.39 is 25.3 Å². The van der Waals surface area contributed by atoms with Gasteiger partial charge in [-0.3, -0.25) is 4.79 Å². The molecule has 0 saturated heterocycles. The highest BCUT2D eigenvalue weighted by Crippen LogP contribution is 2.15. The zero-order valence-electron chi connectivity index (χ0n) is 4.93. The predicted molar refractivity (Wildman–Crippen MR) is 29.5 cm³/mol. The van der Waals surface area contributed by atoms with E-state index >= 15 is 0 Å². The summed E-state index contributed by atoms with van der Waals surface area (Å²) in [5.74, 6) is -1.63. The van der Waals surface area contributed by atoms with Crippen LogP contribution in [0, 0.1) is 0 Å². The van der Waals surface area contributed by atoms with Gasteiger partial charge in [0.05, 0.1) is 6.04 Å². The molecule has 0 aromatic heterocycles. The van der Waals surface area contributed by atoms with Crippen molar-refractivity contribution in [3.63, 3.8) is 0 Å². The third-order valence-corrected chi connectivity index (χ3v) is 0.838. The van der Waals surface area contributed by atoms with Gasteiger partial charge in [0.15, 0.2) is 0 Å². The third kappa shape index (κ3) is 4.19. The average Bonchev–Trinajstić information content (AvgIpc) is 1.60. The van der Waals surface area contributed by atoms with Crippen LogP contribution < -0.4 is 5.73 Å². The van der Waals surface area contributed by atoms with Crippen molar-refractivity contribution in [2.45, 2.75) is 12.4 Å².